The van der Waals surface area contributed by atoms with E-state index in [1.54, 1.807) is 0 Å². The summed E-state index contributed by atoms with van der Waals surface area (Å²) in [6.45, 7) is 11.1. The van der Waals surface area contributed by atoms with Gasteiger partial charge in [-0.1, -0.05) is 12.1 Å². The quantitative estimate of drug-likeness (QED) is 0.806. The molecule has 0 bridgehead atoms. The number of rotatable bonds is 2. The van der Waals surface area contributed by atoms with Crippen LogP contribution in [0.4, 0.5) is 10.5 Å². The number of carboxylic acid groups (broad SMARTS) is 1. The summed E-state index contributed by atoms with van der Waals surface area (Å²) < 4.78 is 13.3. The number of amides is 1. The van der Waals surface area contributed by atoms with Crippen molar-refractivity contribution in [1.82, 2.24) is 4.57 Å². The van der Waals surface area contributed by atoms with E-state index < -0.39 is 24.4 Å². The average molecular weight is 358 g/mol. The van der Waals surface area contributed by atoms with Gasteiger partial charge in [0.15, 0.2) is 0 Å². The summed E-state index contributed by atoms with van der Waals surface area (Å²) >= 11 is 0. The number of nitrogens with zero attached hydrogens (tertiary/aromatic N) is 1. The van der Waals surface area contributed by atoms with E-state index in [2.05, 4.69) is 5.32 Å². The molecule has 1 aromatic carbocycles. The summed E-state index contributed by atoms with van der Waals surface area (Å²) in [4.78, 5) is 23.1. The minimum atomic E-state index is -1.11. The Morgan fingerprint density at radius 1 is 1.15 bits per heavy atom. The van der Waals surface area contributed by atoms with E-state index in [0.29, 0.717) is 16.6 Å². The molecule has 8 heteroatoms. The van der Waals surface area contributed by atoms with Crippen molar-refractivity contribution in [2.45, 2.75) is 52.7 Å². The number of carbonyl (C=O) groups excluding carboxylic acids is 1. The third-order valence-corrected chi connectivity index (χ3v) is 5.15. The van der Waals surface area contributed by atoms with Gasteiger partial charge in [0.25, 0.3) is 0 Å². The van der Waals surface area contributed by atoms with Crippen LogP contribution in [-0.2, 0) is 14.1 Å². The van der Waals surface area contributed by atoms with Crippen molar-refractivity contribution in [1.29, 1.82) is 0 Å². The molecule has 0 radical (unpaired) electrons. The van der Waals surface area contributed by atoms with Crippen LogP contribution in [-0.4, -0.2) is 40.0 Å². The number of hydrogen-bond acceptors (Lipinski definition) is 4. The highest BCUT2D eigenvalue weighted by Crippen LogP contribution is 2.37. The number of carbonyl (C=O) groups is 2. The summed E-state index contributed by atoms with van der Waals surface area (Å²) in [5.74, 6) is -0.270. The molecule has 0 unspecified atom stereocenters. The Balaban J connectivity index is 2.16. The van der Waals surface area contributed by atoms with Gasteiger partial charge in [-0.2, -0.15) is 0 Å². The Labute approximate surface area is 152 Å². The number of anilines is 1. The number of aromatic nitrogens is 1. The van der Waals surface area contributed by atoms with E-state index in [1.807, 2.05) is 46.8 Å². The van der Waals surface area contributed by atoms with Crippen molar-refractivity contribution in [3.05, 3.63) is 23.9 Å². The Kier molecular flexibility index (Phi) is 4.16. The van der Waals surface area contributed by atoms with Crippen LogP contribution in [0.15, 0.2) is 18.3 Å². The van der Waals surface area contributed by atoms with Gasteiger partial charge in [0, 0.05) is 18.5 Å². The SMILES string of the molecule is CC(=O)Nc1cn(C(=O)O)c2c(C)cc(B3OC(C)(C)C(C)(C)O3)cc12. The van der Waals surface area contributed by atoms with Crippen LogP contribution in [0.25, 0.3) is 10.9 Å². The van der Waals surface area contributed by atoms with Gasteiger partial charge in [-0.25, -0.2) is 4.79 Å². The van der Waals surface area contributed by atoms with Gasteiger partial charge in [0.05, 0.1) is 22.4 Å². The van der Waals surface area contributed by atoms with E-state index >= 15 is 0 Å². The molecule has 2 aromatic rings. The van der Waals surface area contributed by atoms with Crippen molar-refractivity contribution in [2.75, 3.05) is 5.32 Å². The minimum Gasteiger partial charge on any atom is -0.464 e. The van der Waals surface area contributed by atoms with Gasteiger partial charge in [-0.3, -0.25) is 9.36 Å². The normalized spacial score (nSPS) is 18.3. The fraction of sp³-hybridized carbons (Fsp3) is 0.444. The van der Waals surface area contributed by atoms with Gasteiger partial charge >= 0.3 is 13.2 Å². The number of benzene rings is 1. The Morgan fingerprint density at radius 2 is 1.73 bits per heavy atom. The number of fused-ring (bicyclic) bond motifs is 1. The van der Waals surface area contributed by atoms with Gasteiger partial charge in [-0.05, 0) is 45.6 Å². The molecule has 1 aliphatic rings. The third kappa shape index (κ3) is 2.89. The van der Waals surface area contributed by atoms with E-state index in [1.165, 1.54) is 13.1 Å². The first-order chi connectivity index (χ1) is 11.9. The smallest absolute Gasteiger partial charge is 0.464 e. The van der Waals surface area contributed by atoms with Crippen LogP contribution in [0.5, 0.6) is 0 Å². The molecule has 1 aromatic heterocycles. The first kappa shape index (κ1) is 18.5. The second-order valence-corrected chi connectivity index (χ2v) is 7.70. The first-order valence-corrected chi connectivity index (χ1v) is 8.45. The molecule has 3 rings (SSSR count). The van der Waals surface area contributed by atoms with Crippen LogP contribution in [0, 0.1) is 6.92 Å². The highest BCUT2D eigenvalue weighted by molar-refractivity contribution is 6.62. The first-order valence-electron chi connectivity index (χ1n) is 8.45. The highest BCUT2D eigenvalue weighted by atomic mass is 16.7. The summed E-state index contributed by atoms with van der Waals surface area (Å²) in [7, 11) is -0.568. The predicted molar refractivity (Wildman–Crippen MR) is 100 cm³/mol. The zero-order valence-electron chi connectivity index (χ0n) is 15.8. The van der Waals surface area contributed by atoms with Crippen LogP contribution >= 0.6 is 0 Å². The molecule has 2 N–H and O–H groups in total. The van der Waals surface area contributed by atoms with Crippen molar-refractivity contribution in [3.8, 4) is 0 Å². The molecule has 0 aliphatic carbocycles. The Morgan fingerprint density at radius 3 is 2.23 bits per heavy atom. The van der Waals surface area contributed by atoms with Gasteiger partial charge in [0.2, 0.25) is 5.91 Å². The molecule has 0 atom stereocenters. The second-order valence-electron chi connectivity index (χ2n) is 7.70. The van der Waals surface area contributed by atoms with Crippen LogP contribution < -0.4 is 10.8 Å². The lowest BCUT2D eigenvalue weighted by Crippen LogP contribution is -2.41. The molecule has 0 spiro atoms. The molecule has 1 saturated heterocycles. The minimum absolute atomic E-state index is 0.270. The molecule has 26 heavy (non-hydrogen) atoms. The van der Waals surface area contributed by atoms with Gasteiger partial charge in [0.1, 0.15) is 0 Å². The lowest BCUT2D eigenvalue weighted by atomic mass is 9.77. The lowest BCUT2D eigenvalue weighted by molar-refractivity contribution is -0.114. The topological polar surface area (TPSA) is 89.8 Å². The summed E-state index contributed by atoms with van der Waals surface area (Å²) in [6.07, 6.45) is 0.299. The maximum Gasteiger partial charge on any atom is 0.494 e. The zero-order valence-corrected chi connectivity index (χ0v) is 15.8. The van der Waals surface area contributed by atoms with Crippen LogP contribution in [0.2, 0.25) is 0 Å². The van der Waals surface area contributed by atoms with E-state index in [-0.39, 0.29) is 5.91 Å². The average Bonchev–Trinajstić information content (AvgIpc) is 2.94. The maximum absolute atomic E-state index is 11.6. The summed E-state index contributed by atoms with van der Waals surface area (Å²) in [6, 6.07) is 3.68. The highest BCUT2D eigenvalue weighted by Gasteiger charge is 2.51. The molecular formula is C18H23BN2O5. The maximum atomic E-state index is 11.6. The molecule has 2 heterocycles. The number of hydrogen-bond donors (Lipinski definition) is 2. The van der Waals surface area contributed by atoms with Crippen molar-refractivity contribution < 1.29 is 24.0 Å². The summed E-state index contributed by atoms with van der Waals surface area (Å²) in [5.41, 5.74) is 1.55. The molecule has 138 valence electrons. The predicted octanol–water partition coefficient (Wildman–Crippen LogP) is 2.73. The Bertz CT molecular complexity index is 900. The van der Waals surface area contributed by atoms with Crippen molar-refractivity contribution in [3.63, 3.8) is 0 Å². The largest absolute Gasteiger partial charge is 0.494 e. The van der Waals surface area contributed by atoms with E-state index in [4.69, 9.17) is 9.31 Å². The number of aryl methyl sites for hydroxylation is 1. The lowest BCUT2D eigenvalue weighted by Gasteiger charge is -2.32. The standard InChI is InChI=1S/C18H23BN2O5/c1-10-7-12(19-25-17(3,4)18(5,6)26-19)8-13-14(20-11(2)22)9-21(15(10)13)16(23)24/h7-9H,1-6H3,(H,20,22)(H,23,24). The molecule has 1 aliphatic heterocycles. The van der Waals surface area contributed by atoms with Crippen molar-refractivity contribution >= 4 is 41.2 Å². The number of nitrogens with one attached hydrogen (secondary N) is 1. The second kappa shape index (κ2) is 5.85. The third-order valence-electron chi connectivity index (χ3n) is 5.15. The van der Waals surface area contributed by atoms with Gasteiger partial charge < -0.3 is 19.7 Å². The molecule has 7 nitrogen and oxygen atoms in total. The monoisotopic (exact) mass is 358 g/mol. The van der Waals surface area contributed by atoms with Crippen LogP contribution in [0.3, 0.4) is 0 Å². The van der Waals surface area contributed by atoms with E-state index in [9.17, 15) is 14.7 Å². The van der Waals surface area contributed by atoms with Gasteiger partial charge in [-0.15, -0.1) is 0 Å². The molecule has 0 saturated carbocycles. The fourth-order valence-corrected chi connectivity index (χ4v) is 3.15. The van der Waals surface area contributed by atoms with E-state index in [0.717, 1.165) is 15.6 Å². The Hall–Kier alpha value is -2.32. The van der Waals surface area contributed by atoms with Crippen LogP contribution in [0.1, 0.15) is 40.2 Å². The fourth-order valence-electron chi connectivity index (χ4n) is 3.15. The molecular weight excluding hydrogens is 335 g/mol. The van der Waals surface area contributed by atoms with Crippen molar-refractivity contribution in [2.24, 2.45) is 0 Å². The summed E-state index contributed by atoms with van der Waals surface area (Å²) in [5, 5.41) is 12.8. The zero-order chi connectivity index (χ0) is 19.4. The molecule has 1 fully saturated rings. The molecule has 1 amide bonds.